The van der Waals surface area contributed by atoms with Crippen LogP contribution in [0.1, 0.15) is 70.5 Å². The van der Waals surface area contributed by atoms with Gasteiger partial charge < -0.3 is 4.74 Å². The zero-order valence-electron chi connectivity index (χ0n) is 12.9. The molecule has 0 N–H and O–H groups in total. The first-order valence-electron chi connectivity index (χ1n) is 7.10. The van der Waals surface area contributed by atoms with Gasteiger partial charge in [-0.1, -0.05) is 39.3 Å². The standard InChI is InChI=1S/C15H25ClN2O/c1-7-15(8-2,19-9-3)14-17-11(6)12(10(4)5)13(16)18-14/h10H,7-9H2,1-6H3. The van der Waals surface area contributed by atoms with E-state index in [1.54, 1.807) is 0 Å². The number of halogens is 1. The van der Waals surface area contributed by atoms with E-state index in [9.17, 15) is 0 Å². The fourth-order valence-electron chi connectivity index (χ4n) is 2.52. The highest BCUT2D eigenvalue weighted by atomic mass is 35.5. The summed E-state index contributed by atoms with van der Waals surface area (Å²) >= 11 is 6.34. The molecule has 0 saturated heterocycles. The Kier molecular flexibility index (Phi) is 5.75. The molecule has 3 nitrogen and oxygen atoms in total. The predicted octanol–water partition coefficient (Wildman–Crippen LogP) is 4.61. The molecule has 0 aliphatic heterocycles. The minimum absolute atomic E-state index is 0.325. The van der Waals surface area contributed by atoms with Gasteiger partial charge in [0, 0.05) is 17.9 Å². The molecule has 0 unspecified atom stereocenters. The monoisotopic (exact) mass is 284 g/mol. The van der Waals surface area contributed by atoms with Crippen LogP contribution in [0.2, 0.25) is 5.15 Å². The third kappa shape index (κ3) is 3.26. The summed E-state index contributed by atoms with van der Waals surface area (Å²) in [7, 11) is 0. The number of hydrogen-bond acceptors (Lipinski definition) is 3. The lowest BCUT2D eigenvalue weighted by Gasteiger charge is -2.30. The lowest BCUT2D eigenvalue weighted by molar-refractivity contribution is -0.0572. The Hall–Kier alpha value is -0.670. The first kappa shape index (κ1) is 16.4. The van der Waals surface area contributed by atoms with Crippen molar-refractivity contribution in [1.82, 2.24) is 9.97 Å². The van der Waals surface area contributed by atoms with Crippen LogP contribution in [-0.2, 0) is 10.3 Å². The van der Waals surface area contributed by atoms with Gasteiger partial charge >= 0.3 is 0 Å². The second-order valence-electron chi connectivity index (χ2n) is 5.13. The van der Waals surface area contributed by atoms with Gasteiger partial charge in [0.25, 0.3) is 0 Å². The third-order valence-electron chi connectivity index (χ3n) is 3.64. The number of aromatic nitrogens is 2. The van der Waals surface area contributed by atoms with Crippen molar-refractivity contribution < 1.29 is 4.74 Å². The van der Waals surface area contributed by atoms with Crippen molar-refractivity contribution in [3.8, 4) is 0 Å². The van der Waals surface area contributed by atoms with Gasteiger partial charge in [-0.2, -0.15) is 0 Å². The van der Waals surface area contributed by atoms with E-state index < -0.39 is 5.60 Å². The van der Waals surface area contributed by atoms with Crippen LogP contribution >= 0.6 is 11.6 Å². The number of ether oxygens (including phenoxy) is 1. The van der Waals surface area contributed by atoms with Crippen LogP contribution in [0.3, 0.4) is 0 Å². The van der Waals surface area contributed by atoms with Gasteiger partial charge in [0.1, 0.15) is 10.8 Å². The normalized spacial score (nSPS) is 12.2. The molecule has 1 aromatic heterocycles. The third-order valence-corrected chi connectivity index (χ3v) is 3.93. The molecule has 0 amide bonds. The summed E-state index contributed by atoms with van der Waals surface area (Å²) < 4.78 is 5.94. The van der Waals surface area contributed by atoms with Gasteiger partial charge in [-0.3, -0.25) is 0 Å². The molecular formula is C15H25ClN2O. The summed E-state index contributed by atoms with van der Waals surface area (Å²) in [4.78, 5) is 9.18. The maximum atomic E-state index is 6.34. The van der Waals surface area contributed by atoms with Crippen LogP contribution in [0.5, 0.6) is 0 Å². The summed E-state index contributed by atoms with van der Waals surface area (Å²) in [5.74, 6) is 1.04. The van der Waals surface area contributed by atoms with Gasteiger partial charge in [0.2, 0.25) is 0 Å². The predicted molar refractivity (Wildman–Crippen MR) is 79.8 cm³/mol. The highest BCUT2D eigenvalue weighted by Gasteiger charge is 2.33. The Labute approximate surface area is 121 Å². The van der Waals surface area contributed by atoms with Gasteiger partial charge in [0.05, 0.1) is 0 Å². The molecule has 0 radical (unpaired) electrons. The van der Waals surface area contributed by atoms with Crippen LogP contribution in [-0.4, -0.2) is 16.6 Å². The second kappa shape index (κ2) is 6.67. The van der Waals surface area contributed by atoms with Crippen LogP contribution in [0, 0.1) is 6.92 Å². The summed E-state index contributed by atoms with van der Waals surface area (Å²) in [5, 5.41) is 0.559. The molecule has 0 saturated carbocycles. The Morgan fingerprint density at radius 2 is 1.74 bits per heavy atom. The summed E-state index contributed by atoms with van der Waals surface area (Å²) in [5.41, 5.74) is 1.57. The van der Waals surface area contributed by atoms with Crippen molar-refractivity contribution in [2.45, 2.75) is 65.9 Å². The van der Waals surface area contributed by atoms with E-state index in [-0.39, 0.29) is 0 Å². The highest BCUT2D eigenvalue weighted by molar-refractivity contribution is 6.30. The maximum Gasteiger partial charge on any atom is 0.162 e. The van der Waals surface area contributed by atoms with Crippen molar-refractivity contribution in [3.05, 3.63) is 22.2 Å². The number of aryl methyl sites for hydroxylation is 1. The lowest BCUT2D eigenvalue weighted by atomic mass is 9.95. The summed E-state index contributed by atoms with van der Waals surface area (Å²) in [6.07, 6.45) is 1.68. The van der Waals surface area contributed by atoms with Crippen molar-refractivity contribution in [1.29, 1.82) is 0 Å². The average Bonchev–Trinajstić information content (AvgIpc) is 2.34. The zero-order valence-corrected chi connectivity index (χ0v) is 13.6. The van der Waals surface area contributed by atoms with Crippen LogP contribution < -0.4 is 0 Å². The number of nitrogens with zero attached hydrogens (tertiary/aromatic N) is 2. The molecular weight excluding hydrogens is 260 g/mol. The molecule has 0 fully saturated rings. The fraction of sp³-hybridized carbons (Fsp3) is 0.733. The highest BCUT2D eigenvalue weighted by Crippen LogP contribution is 2.34. The van der Waals surface area contributed by atoms with E-state index in [4.69, 9.17) is 16.3 Å². The van der Waals surface area contributed by atoms with Crippen molar-refractivity contribution in [3.63, 3.8) is 0 Å². The molecule has 1 aromatic rings. The topological polar surface area (TPSA) is 35.0 Å². The van der Waals surface area contributed by atoms with Crippen LogP contribution in [0.25, 0.3) is 0 Å². The van der Waals surface area contributed by atoms with Crippen molar-refractivity contribution in [2.75, 3.05) is 6.61 Å². The molecule has 1 heterocycles. The lowest BCUT2D eigenvalue weighted by Crippen LogP contribution is -2.31. The largest absolute Gasteiger partial charge is 0.367 e. The Balaban J connectivity index is 3.34. The Bertz CT molecular complexity index is 405. The Morgan fingerprint density at radius 1 is 1.16 bits per heavy atom. The molecule has 4 heteroatoms. The van der Waals surface area contributed by atoms with E-state index in [0.717, 1.165) is 24.1 Å². The fourth-order valence-corrected chi connectivity index (χ4v) is 2.95. The van der Waals surface area contributed by atoms with E-state index >= 15 is 0 Å². The first-order valence-corrected chi connectivity index (χ1v) is 7.48. The second-order valence-corrected chi connectivity index (χ2v) is 5.48. The minimum Gasteiger partial charge on any atom is -0.367 e. The van der Waals surface area contributed by atoms with Crippen molar-refractivity contribution >= 4 is 11.6 Å². The van der Waals surface area contributed by atoms with Gasteiger partial charge in [-0.25, -0.2) is 9.97 Å². The number of rotatable bonds is 6. The minimum atomic E-state index is -0.418. The van der Waals surface area contributed by atoms with E-state index in [2.05, 4.69) is 37.7 Å². The molecule has 0 bridgehead atoms. The van der Waals surface area contributed by atoms with E-state index in [1.165, 1.54) is 0 Å². The summed E-state index contributed by atoms with van der Waals surface area (Å²) in [6, 6.07) is 0. The first-order chi connectivity index (χ1) is 8.91. The smallest absolute Gasteiger partial charge is 0.162 e. The van der Waals surface area contributed by atoms with E-state index in [1.807, 2.05) is 13.8 Å². The average molecular weight is 285 g/mol. The van der Waals surface area contributed by atoms with Crippen LogP contribution in [0.15, 0.2) is 0 Å². The molecule has 0 aliphatic carbocycles. The maximum absolute atomic E-state index is 6.34. The molecule has 0 atom stereocenters. The quantitative estimate of drug-likeness (QED) is 0.715. The van der Waals surface area contributed by atoms with Gasteiger partial charge in [-0.05, 0) is 32.6 Å². The van der Waals surface area contributed by atoms with Crippen LogP contribution in [0.4, 0.5) is 0 Å². The van der Waals surface area contributed by atoms with Gasteiger partial charge in [-0.15, -0.1) is 0 Å². The molecule has 19 heavy (non-hydrogen) atoms. The number of hydrogen-bond donors (Lipinski definition) is 0. The molecule has 1 rings (SSSR count). The van der Waals surface area contributed by atoms with E-state index in [0.29, 0.717) is 23.5 Å². The molecule has 0 spiro atoms. The molecule has 0 aromatic carbocycles. The zero-order chi connectivity index (χ0) is 14.6. The summed E-state index contributed by atoms with van der Waals surface area (Å²) in [6.45, 7) is 13.0. The Morgan fingerprint density at radius 3 is 2.11 bits per heavy atom. The van der Waals surface area contributed by atoms with Crippen molar-refractivity contribution in [2.24, 2.45) is 0 Å². The SMILES string of the molecule is CCOC(CC)(CC)c1nc(C)c(C(C)C)c(Cl)n1. The van der Waals surface area contributed by atoms with Gasteiger partial charge in [0.15, 0.2) is 5.82 Å². The molecule has 0 aliphatic rings. The molecule has 108 valence electrons.